The lowest BCUT2D eigenvalue weighted by Crippen LogP contribution is -2.24. The summed E-state index contributed by atoms with van der Waals surface area (Å²) >= 11 is 0. The van der Waals surface area contributed by atoms with E-state index in [1.54, 1.807) is 12.1 Å². The number of carbonyl (C=O) groups is 1. The van der Waals surface area contributed by atoms with Crippen molar-refractivity contribution in [1.29, 1.82) is 5.26 Å². The predicted molar refractivity (Wildman–Crippen MR) is 121 cm³/mol. The molecular weight excluding hydrogens is 431 g/mol. The van der Waals surface area contributed by atoms with Crippen LogP contribution in [0, 0.1) is 11.3 Å². The average Bonchev–Trinajstić information content (AvgIpc) is 2.77. The highest BCUT2D eigenvalue weighted by Crippen LogP contribution is 2.41. The topological polar surface area (TPSA) is 65.4 Å². The van der Waals surface area contributed by atoms with Crippen LogP contribution in [0.5, 0.6) is 5.75 Å². The zero-order valence-corrected chi connectivity index (χ0v) is 18.4. The third kappa shape index (κ3) is 5.55. The Balaban J connectivity index is 2.09. The molecule has 2 aromatic rings. The van der Waals surface area contributed by atoms with Crippen LogP contribution in [0.2, 0.25) is 0 Å². The molecule has 1 aliphatic rings. The van der Waals surface area contributed by atoms with E-state index >= 15 is 0 Å². The van der Waals surface area contributed by atoms with Crippen molar-refractivity contribution in [2.24, 2.45) is 0 Å². The molecule has 0 saturated carbocycles. The van der Waals surface area contributed by atoms with Crippen LogP contribution >= 0.6 is 0 Å². The first-order valence-corrected chi connectivity index (χ1v) is 10.4. The summed E-state index contributed by atoms with van der Waals surface area (Å²) in [7, 11) is 1.88. The molecule has 0 saturated heterocycles. The van der Waals surface area contributed by atoms with Gasteiger partial charge < -0.3 is 15.0 Å². The number of fused-ring (bicyclic) bond motifs is 1. The van der Waals surface area contributed by atoms with E-state index in [4.69, 9.17) is 0 Å². The Labute approximate surface area is 190 Å². The van der Waals surface area contributed by atoms with Crippen molar-refractivity contribution < 1.29 is 22.7 Å². The van der Waals surface area contributed by atoms with Crippen molar-refractivity contribution in [2.45, 2.75) is 32.5 Å². The molecule has 8 heteroatoms. The summed E-state index contributed by atoms with van der Waals surface area (Å²) in [5.41, 5.74) is 5.70. The van der Waals surface area contributed by atoms with Crippen molar-refractivity contribution in [1.82, 2.24) is 5.32 Å². The molecule has 5 nitrogen and oxygen atoms in total. The van der Waals surface area contributed by atoms with Crippen LogP contribution < -0.4 is 15.0 Å². The molecule has 0 atom stereocenters. The minimum Gasteiger partial charge on any atom is -0.406 e. The summed E-state index contributed by atoms with van der Waals surface area (Å²) in [4.78, 5) is 13.5. The van der Waals surface area contributed by atoms with Gasteiger partial charge in [0, 0.05) is 19.8 Å². The standard InChI is InChI=1S/C25H24F3N3O2/c1-4-16-12-21-20(17-6-8-19(9-7-17)33-25(26,27)28)13-18(10-11-30-23(32)5-2)22(14-29)24(21)31(3)15-16/h5-9,13,15H,2,4,10-12H2,1,3H3,(H,30,32). The number of ether oxygens (including phenoxy) is 1. The molecule has 1 N–H and O–H groups in total. The molecule has 0 unspecified atom stereocenters. The molecule has 0 spiro atoms. The number of halogens is 3. The Hall–Kier alpha value is -3.73. The summed E-state index contributed by atoms with van der Waals surface area (Å²) in [6.07, 6.45) is 0.306. The van der Waals surface area contributed by atoms with Crippen molar-refractivity contribution >= 4 is 11.6 Å². The largest absolute Gasteiger partial charge is 0.573 e. The van der Waals surface area contributed by atoms with Crippen molar-refractivity contribution in [3.8, 4) is 22.9 Å². The van der Waals surface area contributed by atoms with Gasteiger partial charge in [-0.3, -0.25) is 4.79 Å². The van der Waals surface area contributed by atoms with Crippen LogP contribution in [0.3, 0.4) is 0 Å². The Morgan fingerprint density at radius 3 is 2.61 bits per heavy atom. The average molecular weight is 455 g/mol. The predicted octanol–water partition coefficient (Wildman–Crippen LogP) is 5.25. The van der Waals surface area contributed by atoms with E-state index in [2.05, 4.69) is 29.6 Å². The van der Waals surface area contributed by atoms with Gasteiger partial charge in [0.2, 0.25) is 5.91 Å². The molecule has 0 aliphatic carbocycles. The summed E-state index contributed by atoms with van der Waals surface area (Å²) in [5, 5.41) is 12.7. The summed E-state index contributed by atoms with van der Waals surface area (Å²) in [5.74, 6) is -0.605. The number of nitriles is 1. The smallest absolute Gasteiger partial charge is 0.406 e. The highest BCUT2D eigenvalue weighted by molar-refractivity contribution is 5.87. The first-order chi connectivity index (χ1) is 15.7. The van der Waals surface area contributed by atoms with Gasteiger partial charge in [0.1, 0.15) is 11.8 Å². The molecule has 0 aromatic heterocycles. The Morgan fingerprint density at radius 2 is 2.03 bits per heavy atom. The fourth-order valence-electron chi connectivity index (χ4n) is 3.97. The molecule has 1 amide bonds. The van der Waals surface area contributed by atoms with Gasteiger partial charge in [0.05, 0.1) is 11.3 Å². The SMILES string of the molecule is C=CC(=O)NCCc1cc(-c2ccc(OC(F)(F)F)cc2)c2c(c1C#N)N(C)C=C(CC)C2. The second-order valence-electron chi connectivity index (χ2n) is 7.64. The van der Waals surface area contributed by atoms with Crippen LogP contribution in [0.1, 0.15) is 30.0 Å². The van der Waals surface area contributed by atoms with E-state index in [1.165, 1.54) is 23.8 Å². The van der Waals surface area contributed by atoms with Crippen LogP contribution in [-0.2, 0) is 17.6 Å². The first-order valence-electron chi connectivity index (χ1n) is 10.4. The van der Waals surface area contributed by atoms with Gasteiger partial charge in [0.15, 0.2) is 0 Å². The second kappa shape index (κ2) is 9.82. The quantitative estimate of drug-likeness (QED) is 0.579. The van der Waals surface area contributed by atoms with Crippen LogP contribution in [0.25, 0.3) is 11.1 Å². The molecule has 1 heterocycles. The number of rotatable bonds is 7. The van der Waals surface area contributed by atoms with Crippen molar-refractivity contribution in [3.05, 3.63) is 71.5 Å². The van der Waals surface area contributed by atoms with E-state index in [1.807, 2.05) is 24.2 Å². The molecule has 0 radical (unpaired) electrons. The zero-order valence-electron chi connectivity index (χ0n) is 18.4. The van der Waals surface area contributed by atoms with Crippen LogP contribution in [0.4, 0.5) is 18.9 Å². The number of hydrogen-bond acceptors (Lipinski definition) is 4. The number of nitrogens with one attached hydrogen (secondary N) is 1. The number of allylic oxidation sites excluding steroid dienone is 1. The minimum absolute atomic E-state index is 0.299. The van der Waals surface area contributed by atoms with Crippen LogP contribution in [-0.4, -0.2) is 25.9 Å². The summed E-state index contributed by atoms with van der Waals surface area (Å²) in [6.45, 7) is 5.79. The van der Waals surface area contributed by atoms with Gasteiger partial charge in [-0.1, -0.05) is 25.6 Å². The van der Waals surface area contributed by atoms with Gasteiger partial charge >= 0.3 is 6.36 Å². The monoisotopic (exact) mass is 455 g/mol. The minimum atomic E-state index is -4.76. The van der Waals surface area contributed by atoms with Gasteiger partial charge in [-0.25, -0.2) is 0 Å². The molecule has 0 bridgehead atoms. The second-order valence-corrected chi connectivity index (χ2v) is 7.64. The third-order valence-electron chi connectivity index (χ3n) is 5.46. The molecule has 0 fully saturated rings. The maximum Gasteiger partial charge on any atom is 0.573 e. The fourth-order valence-corrected chi connectivity index (χ4v) is 3.97. The van der Waals surface area contributed by atoms with E-state index in [0.29, 0.717) is 30.5 Å². The molecule has 3 rings (SSSR count). The molecular formula is C25H24F3N3O2. The lowest BCUT2D eigenvalue weighted by Gasteiger charge is -2.30. The van der Waals surface area contributed by atoms with Gasteiger partial charge in [-0.2, -0.15) is 5.26 Å². The lowest BCUT2D eigenvalue weighted by atomic mass is 9.85. The van der Waals surface area contributed by atoms with Crippen LogP contribution in [0.15, 0.2) is 54.8 Å². The number of hydrogen-bond donors (Lipinski definition) is 1. The van der Waals surface area contributed by atoms with Crippen molar-refractivity contribution in [2.75, 3.05) is 18.5 Å². The third-order valence-corrected chi connectivity index (χ3v) is 5.46. The Morgan fingerprint density at radius 1 is 1.33 bits per heavy atom. The number of amides is 1. The van der Waals surface area contributed by atoms with Gasteiger partial charge in [0.25, 0.3) is 0 Å². The van der Waals surface area contributed by atoms with E-state index in [0.717, 1.165) is 28.8 Å². The molecule has 1 aliphatic heterocycles. The number of benzene rings is 2. The maximum absolute atomic E-state index is 12.6. The van der Waals surface area contributed by atoms with Gasteiger partial charge in [-0.05, 0) is 71.4 Å². The number of anilines is 1. The number of alkyl halides is 3. The normalized spacial score (nSPS) is 13.0. The van der Waals surface area contributed by atoms with E-state index in [9.17, 15) is 23.2 Å². The Bertz CT molecular complexity index is 1130. The van der Waals surface area contributed by atoms with Gasteiger partial charge in [-0.15, -0.1) is 13.2 Å². The molecule has 172 valence electrons. The summed E-state index contributed by atoms with van der Waals surface area (Å²) < 4.78 is 41.6. The number of nitrogens with zero attached hydrogens (tertiary/aromatic N) is 2. The van der Waals surface area contributed by atoms with E-state index < -0.39 is 6.36 Å². The number of carbonyl (C=O) groups excluding carboxylic acids is 1. The maximum atomic E-state index is 12.6. The molecule has 2 aromatic carbocycles. The highest BCUT2D eigenvalue weighted by Gasteiger charge is 2.31. The first kappa shape index (κ1) is 23.9. The fraction of sp³-hybridized carbons (Fsp3) is 0.280. The highest BCUT2D eigenvalue weighted by atomic mass is 19.4. The molecule has 33 heavy (non-hydrogen) atoms. The Kier molecular flexibility index (Phi) is 7.12. The van der Waals surface area contributed by atoms with Crippen molar-refractivity contribution in [3.63, 3.8) is 0 Å². The summed E-state index contributed by atoms with van der Waals surface area (Å²) in [6, 6.07) is 9.91. The lowest BCUT2D eigenvalue weighted by molar-refractivity contribution is -0.274. The van der Waals surface area contributed by atoms with E-state index in [-0.39, 0.29) is 11.7 Å². The zero-order chi connectivity index (χ0) is 24.2.